The molecular weight excluding hydrogens is 164 g/mol. The molecule has 2 heteroatoms. The Morgan fingerprint density at radius 2 is 2.00 bits per heavy atom. The van der Waals surface area contributed by atoms with Gasteiger partial charge in [0.05, 0.1) is 0 Å². The predicted molar refractivity (Wildman–Crippen MR) is 38.1 cm³/mol. The number of rotatable bonds is 0. The van der Waals surface area contributed by atoms with Crippen molar-refractivity contribution >= 4 is 12.4 Å². The van der Waals surface area contributed by atoms with Crippen LogP contribution in [0.4, 0.5) is 0 Å². The van der Waals surface area contributed by atoms with Crippen molar-refractivity contribution in [1.29, 1.82) is 0 Å². The maximum absolute atomic E-state index is 3.19. The summed E-state index contributed by atoms with van der Waals surface area (Å²) < 4.78 is 0. The monoisotopic (exact) mass is 174 g/mol. The minimum absolute atomic E-state index is 0. The fraction of sp³-hybridized carbons (Fsp3) is 0.429. The van der Waals surface area contributed by atoms with Crippen LogP contribution in [0.3, 0.4) is 0 Å². The zero-order valence-corrected chi connectivity index (χ0v) is 8.39. The Morgan fingerprint density at radius 3 is 2.11 bits per heavy atom. The van der Waals surface area contributed by atoms with Gasteiger partial charge < -0.3 is 0 Å². The minimum Gasteiger partial charge on any atom is -0.270 e. The molecule has 0 aromatic rings. The van der Waals surface area contributed by atoms with Gasteiger partial charge in [-0.2, -0.15) is 6.08 Å². The summed E-state index contributed by atoms with van der Waals surface area (Å²) >= 11 is 0. The van der Waals surface area contributed by atoms with E-state index in [2.05, 4.69) is 26.0 Å². The van der Waals surface area contributed by atoms with Crippen LogP contribution in [0.5, 0.6) is 0 Å². The van der Waals surface area contributed by atoms with Gasteiger partial charge in [0.15, 0.2) is 0 Å². The molecule has 9 heavy (non-hydrogen) atoms. The van der Waals surface area contributed by atoms with Gasteiger partial charge >= 0.3 is 0 Å². The van der Waals surface area contributed by atoms with Crippen LogP contribution in [-0.4, -0.2) is 0 Å². The van der Waals surface area contributed by atoms with Crippen LogP contribution in [0.25, 0.3) is 0 Å². The fourth-order valence-corrected chi connectivity index (χ4v) is 0.650. The number of allylic oxidation sites excluding steroid dienone is 4. The second-order valence-corrected chi connectivity index (χ2v) is 1.89. The summed E-state index contributed by atoms with van der Waals surface area (Å²) in [6, 6.07) is 0. The van der Waals surface area contributed by atoms with Gasteiger partial charge in [-0.25, -0.2) is 11.1 Å². The van der Waals surface area contributed by atoms with Crippen molar-refractivity contribution in [2.75, 3.05) is 0 Å². The van der Waals surface area contributed by atoms with Gasteiger partial charge in [-0.1, -0.05) is 6.92 Å². The quantitative estimate of drug-likeness (QED) is 0.495. The number of hydrogen-bond acceptors (Lipinski definition) is 0. The maximum atomic E-state index is 3.19. The third-order valence-electron chi connectivity index (χ3n) is 1.37. The van der Waals surface area contributed by atoms with E-state index in [4.69, 9.17) is 0 Å². The average Bonchev–Trinajstić information content (AvgIpc) is 1.91. The topological polar surface area (TPSA) is 0 Å². The van der Waals surface area contributed by atoms with E-state index < -0.39 is 0 Å². The molecule has 1 rings (SSSR count). The minimum atomic E-state index is 0. The van der Waals surface area contributed by atoms with Gasteiger partial charge in [0.1, 0.15) is 0 Å². The molecule has 1 radical (unpaired) electrons. The Labute approximate surface area is 81.6 Å². The van der Waals surface area contributed by atoms with Crippen molar-refractivity contribution in [2.45, 2.75) is 20.3 Å². The molecule has 0 nitrogen and oxygen atoms in total. The van der Waals surface area contributed by atoms with Crippen LogP contribution >= 0.6 is 12.4 Å². The molecule has 0 aromatic heterocycles. The first-order valence-corrected chi connectivity index (χ1v) is 2.55. The van der Waals surface area contributed by atoms with Crippen LogP contribution < -0.4 is 0 Å². The van der Waals surface area contributed by atoms with Gasteiger partial charge in [0.2, 0.25) is 0 Å². The van der Waals surface area contributed by atoms with Crippen LogP contribution in [0.1, 0.15) is 20.3 Å². The van der Waals surface area contributed by atoms with Crippen molar-refractivity contribution in [3.05, 3.63) is 23.3 Å². The van der Waals surface area contributed by atoms with Crippen molar-refractivity contribution in [2.24, 2.45) is 0 Å². The largest absolute Gasteiger partial charge is 0.270 e. The third-order valence-corrected chi connectivity index (χ3v) is 1.37. The molecule has 0 saturated heterocycles. The van der Waals surface area contributed by atoms with Crippen molar-refractivity contribution in [3.63, 3.8) is 0 Å². The molecule has 0 N–H and O–H groups in total. The molecule has 0 amide bonds. The zero-order chi connectivity index (χ0) is 5.28. The molecule has 0 bridgehead atoms. The molecule has 0 fully saturated rings. The van der Waals surface area contributed by atoms with Gasteiger partial charge in [0, 0.05) is 25.8 Å². The molecule has 0 heterocycles. The van der Waals surface area contributed by atoms with Gasteiger partial charge in [-0.15, -0.1) is 25.8 Å². The first-order valence-electron chi connectivity index (χ1n) is 2.55. The Balaban J connectivity index is 0. The standard InChI is InChI=1S/C7H9.ClH.Sc/c1-6-4-3-5-7(6)2;;/h4H,3H2,1-2H3;1H;/q-1;;. The van der Waals surface area contributed by atoms with Gasteiger partial charge in [-0.05, 0) is 0 Å². The van der Waals surface area contributed by atoms with Crippen LogP contribution in [0.15, 0.2) is 17.2 Å². The summed E-state index contributed by atoms with van der Waals surface area (Å²) in [5, 5.41) is 0. The molecule has 0 unspecified atom stereocenters. The predicted octanol–water partition coefficient (Wildman–Crippen LogP) is 2.51. The second-order valence-electron chi connectivity index (χ2n) is 1.89. The Morgan fingerprint density at radius 1 is 1.44 bits per heavy atom. The van der Waals surface area contributed by atoms with E-state index in [1.807, 2.05) is 0 Å². The molecule has 0 spiro atoms. The third kappa shape index (κ3) is 3.36. The summed E-state index contributed by atoms with van der Waals surface area (Å²) in [6.45, 7) is 4.22. The van der Waals surface area contributed by atoms with Gasteiger partial charge in [-0.3, -0.25) is 6.08 Å². The molecule has 0 aliphatic heterocycles. The maximum Gasteiger partial charge on any atom is 0 e. The first-order chi connectivity index (χ1) is 3.30. The first kappa shape index (κ1) is 12.3. The van der Waals surface area contributed by atoms with E-state index >= 15 is 0 Å². The van der Waals surface area contributed by atoms with Gasteiger partial charge in [0.25, 0.3) is 0 Å². The molecule has 49 valence electrons. The smallest absolute Gasteiger partial charge is 0 e. The summed E-state index contributed by atoms with van der Waals surface area (Å²) in [5.74, 6) is 0. The van der Waals surface area contributed by atoms with E-state index in [1.54, 1.807) is 0 Å². The normalized spacial score (nSPS) is 14.9. The summed E-state index contributed by atoms with van der Waals surface area (Å²) in [5.41, 5.74) is 2.71. The van der Waals surface area contributed by atoms with E-state index in [9.17, 15) is 0 Å². The molecule has 0 atom stereocenters. The SMILES string of the molecule is CC1=[C-]CC=C1C.Cl.[Sc]. The summed E-state index contributed by atoms with van der Waals surface area (Å²) in [4.78, 5) is 0. The second kappa shape index (κ2) is 5.43. The van der Waals surface area contributed by atoms with Crippen LogP contribution in [0.2, 0.25) is 0 Å². The molecule has 1 aliphatic carbocycles. The van der Waals surface area contributed by atoms with Crippen LogP contribution in [-0.2, 0) is 25.8 Å². The zero-order valence-electron chi connectivity index (χ0n) is 5.77. The number of hydrogen-bond donors (Lipinski definition) is 0. The van der Waals surface area contributed by atoms with Crippen molar-refractivity contribution in [1.82, 2.24) is 0 Å². The van der Waals surface area contributed by atoms with E-state index in [-0.39, 0.29) is 38.3 Å². The Kier molecular flexibility index (Phi) is 7.43. The summed E-state index contributed by atoms with van der Waals surface area (Å²) in [7, 11) is 0. The molecule has 0 aromatic carbocycles. The average molecular weight is 175 g/mol. The Hall–Kier alpha value is 0.640. The Bertz CT molecular complexity index is 120. The summed E-state index contributed by atoms with van der Waals surface area (Å²) in [6.07, 6.45) is 6.41. The molecular formula is C7H10ClSc-. The number of halogens is 1. The fourth-order valence-electron chi connectivity index (χ4n) is 0.650. The van der Waals surface area contributed by atoms with Crippen LogP contribution in [0, 0.1) is 6.08 Å². The molecule has 1 aliphatic rings. The molecule has 0 saturated carbocycles. The van der Waals surface area contributed by atoms with E-state index in [0.717, 1.165) is 6.42 Å². The van der Waals surface area contributed by atoms with E-state index in [0.29, 0.717) is 0 Å². The van der Waals surface area contributed by atoms with Crippen molar-refractivity contribution in [3.8, 4) is 0 Å². The van der Waals surface area contributed by atoms with E-state index in [1.165, 1.54) is 11.1 Å². The van der Waals surface area contributed by atoms with Crippen molar-refractivity contribution < 1.29 is 25.8 Å².